The maximum Gasteiger partial charge on any atom is 0.456 e. The van der Waals surface area contributed by atoms with Gasteiger partial charge in [-0.2, -0.15) is 22.0 Å². The Labute approximate surface area is 174 Å². The van der Waals surface area contributed by atoms with E-state index in [1.54, 1.807) is 12.1 Å². The first-order valence-corrected chi connectivity index (χ1v) is 9.81. The molecule has 172 valence electrons. The lowest BCUT2D eigenvalue weighted by Crippen LogP contribution is -2.41. The number of hydrogen-bond donors (Lipinski definition) is 0. The fourth-order valence-corrected chi connectivity index (χ4v) is 2.85. The molecule has 3 nitrogen and oxygen atoms in total. The Bertz CT molecular complexity index is 688. The average Bonchev–Trinajstić information content (AvgIpc) is 2.61. The molecule has 0 aromatic heterocycles. The molecule has 0 saturated carbocycles. The summed E-state index contributed by atoms with van der Waals surface area (Å²) in [5.41, 5.74) is 1.28. The van der Waals surface area contributed by atoms with Crippen molar-refractivity contribution < 1.29 is 36.2 Å². The Morgan fingerprint density at radius 2 is 1.50 bits per heavy atom. The molecule has 0 aliphatic carbocycles. The minimum absolute atomic E-state index is 0.0162. The third kappa shape index (κ3) is 7.76. The minimum Gasteiger partial charge on any atom is -0.482 e. The largest absolute Gasteiger partial charge is 0.482 e. The van der Waals surface area contributed by atoms with Crippen molar-refractivity contribution in [1.29, 1.82) is 0 Å². The molecule has 1 aromatic rings. The molecule has 0 N–H and O–H groups in total. The molecule has 0 aliphatic heterocycles. The average molecular weight is 438 g/mol. The number of hydrogen-bond acceptors (Lipinski definition) is 3. The lowest BCUT2D eigenvalue weighted by molar-refractivity contribution is -0.294. The smallest absolute Gasteiger partial charge is 0.456 e. The zero-order chi connectivity index (χ0) is 23.4. The molecule has 1 atom stereocenters. The second kappa shape index (κ2) is 9.52. The van der Waals surface area contributed by atoms with Crippen LogP contribution in [-0.4, -0.2) is 31.3 Å². The molecule has 30 heavy (non-hydrogen) atoms. The van der Waals surface area contributed by atoms with Gasteiger partial charge in [-0.1, -0.05) is 60.1 Å². The van der Waals surface area contributed by atoms with Crippen LogP contribution in [0.15, 0.2) is 24.3 Å². The number of carbonyl (C=O) groups excluding carboxylic acids is 1. The fraction of sp³-hybridized carbons (Fsp3) is 0.682. The highest BCUT2D eigenvalue weighted by Crippen LogP contribution is 2.44. The normalized spacial score (nSPS) is 14.4. The van der Waals surface area contributed by atoms with Gasteiger partial charge in [0, 0.05) is 0 Å². The van der Waals surface area contributed by atoms with Gasteiger partial charge in [-0.3, -0.25) is 0 Å². The van der Waals surface area contributed by atoms with E-state index in [1.807, 2.05) is 12.1 Å². The lowest BCUT2D eigenvalue weighted by atomic mass is 9.68. The number of rotatable bonds is 9. The number of alkyl halides is 5. The number of carbonyl (C=O) groups is 1. The first kappa shape index (κ1) is 26.2. The van der Waals surface area contributed by atoms with E-state index in [-0.39, 0.29) is 16.7 Å². The van der Waals surface area contributed by atoms with E-state index >= 15 is 0 Å². The molecule has 0 spiro atoms. The molecule has 0 heterocycles. The summed E-state index contributed by atoms with van der Waals surface area (Å²) in [6, 6.07) is 7.04. The summed E-state index contributed by atoms with van der Waals surface area (Å²) in [6.45, 7) is 10.3. The van der Waals surface area contributed by atoms with Gasteiger partial charge < -0.3 is 9.47 Å². The molecule has 0 aliphatic rings. The predicted octanol–water partition coefficient (Wildman–Crippen LogP) is 6.76. The van der Waals surface area contributed by atoms with Crippen LogP contribution < -0.4 is 4.74 Å². The van der Waals surface area contributed by atoms with Crippen LogP contribution in [0.1, 0.15) is 65.9 Å². The van der Waals surface area contributed by atoms with Gasteiger partial charge in [0.1, 0.15) is 5.75 Å². The summed E-state index contributed by atoms with van der Waals surface area (Å²) in [4.78, 5) is 11.4. The fourth-order valence-electron chi connectivity index (χ4n) is 2.85. The number of benzene rings is 1. The highest BCUT2D eigenvalue weighted by Gasteiger charge is 2.58. The monoisotopic (exact) mass is 438 g/mol. The SMILES string of the molecule is CCC(C)(C)CC(c1ccc(OCC(=O)OCC(F)(F)C(F)(F)F)cc1)C(C)(C)C. The molecule has 1 aromatic carbocycles. The van der Waals surface area contributed by atoms with Crippen molar-refractivity contribution in [3.05, 3.63) is 29.8 Å². The van der Waals surface area contributed by atoms with Crippen molar-refractivity contribution >= 4 is 5.97 Å². The molecule has 0 radical (unpaired) electrons. The number of esters is 1. The lowest BCUT2D eigenvalue weighted by Gasteiger charge is -2.37. The van der Waals surface area contributed by atoms with Crippen LogP contribution in [0.2, 0.25) is 0 Å². The summed E-state index contributed by atoms with van der Waals surface area (Å²) in [5.74, 6) is -5.84. The molecule has 1 rings (SSSR count). The summed E-state index contributed by atoms with van der Waals surface area (Å²) < 4.78 is 70.9. The van der Waals surface area contributed by atoms with Crippen molar-refractivity contribution in [3.63, 3.8) is 0 Å². The van der Waals surface area contributed by atoms with Crippen LogP contribution >= 0.6 is 0 Å². The molecule has 8 heteroatoms. The Hall–Kier alpha value is -1.86. The summed E-state index contributed by atoms with van der Waals surface area (Å²) in [7, 11) is 0. The van der Waals surface area contributed by atoms with Gasteiger partial charge in [0.05, 0.1) is 0 Å². The van der Waals surface area contributed by atoms with Crippen LogP contribution in [0.4, 0.5) is 22.0 Å². The first-order valence-electron chi connectivity index (χ1n) is 9.81. The Balaban J connectivity index is 2.72. The molecule has 0 amide bonds. The maximum atomic E-state index is 12.8. The minimum atomic E-state index is -5.78. The second-order valence-corrected chi connectivity index (χ2v) is 9.36. The highest BCUT2D eigenvalue weighted by molar-refractivity contribution is 5.71. The van der Waals surface area contributed by atoms with Crippen molar-refractivity contribution in [2.45, 2.75) is 72.4 Å². The maximum absolute atomic E-state index is 12.8. The molecule has 0 bridgehead atoms. The zero-order valence-electron chi connectivity index (χ0n) is 18.3. The Morgan fingerprint density at radius 1 is 0.967 bits per heavy atom. The first-order chi connectivity index (χ1) is 13.5. The Kier molecular flexibility index (Phi) is 8.30. The van der Waals surface area contributed by atoms with Gasteiger partial charge in [0.15, 0.2) is 13.2 Å². The highest BCUT2D eigenvalue weighted by atomic mass is 19.4. The third-order valence-electron chi connectivity index (χ3n) is 5.23. The van der Waals surface area contributed by atoms with Crippen molar-refractivity contribution in [1.82, 2.24) is 0 Å². The van der Waals surface area contributed by atoms with Crippen molar-refractivity contribution in [2.75, 3.05) is 13.2 Å². The topological polar surface area (TPSA) is 35.5 Å². The molecule has 0 saturated heterocycles. The van der Waals surface area contributed by atoms with E-state index in [9.17, 15) is 26.7 Å². The van der Waals surface area contributed by atoms with Crippen molar-refractivity contribution in [3.8, 4) is 5.75 Å². The van der Waals surface area contributed by atoms with E-state index in [4.69, 9.17) is 4.74 Å². The van der Waals surface area contributed by atoms with Crippen LogP contribution in [-0.2, 0) is 9.53 Å². The van der Waals surface area contributed by atoms with Gasteiger partial charge in [0.25, 0.3) is 0 Å². The summed E-state index contributed by atoms with van der Waals surface area (Å²) >= 11 is 0. The quantitative estimate of drug-likeness (QED) is 0.316. The Morgan fingerprint density at radius 3 is 1.93 bits per heavy atom. The molecule has 0 fully saturated rings. The van der Waals surface area contributed by atoms with Gasteiger partial charge >= 0.3 is 18.1 Å². The van der Waals surface area contributed by atoms with Crippen LogP contribution in [0, 0.1) is 10.8 Å². The number of halogens is 5. The van der Waals surface area contributed by atoms with Crippen LogP contribution in [0.25, 0.3) is 0 Å². The molecular weight excluding hydrogens is 407 g/mol. The third-order valence-corrected chi connectivity index (χ3v) is 5.23. The van der Waals surface area contributed by atoms with Crippen LogP contribution in [0.3, 0.4) is 0 Å². The number of ether oxygens (including phenoxy) is 2. The van der Waals surface area contributed by atoms with E-state index in [2.05, 4.69) is 46.3 Å². The van der Waals surface area contributed by atoms with E-state index in [0.717, 1.165) is 18.4 Å². The van der Waals surface area contributed by atoms with E-state index in [0.29, 0.717) is 5.75 Å². The van der Waals surface area contributed by atoms with Crippen molar-refractivity contribution in [2.24, 2.45) is 10.8 Å². The molecule has 1 unspecified atom stereocenters. The van der Waals surface area contributed by atoms with Gasteiger partial charge in [0.2, 0.25) is 0 Å². The van der Waals surface area contributed by atoms with Crippen LogP contribution in [0.5, 0.6) is 5.75 Å². The van der Waals surface area contributed by atoms with Gasteiger partial charge in [-0.25, -0.2) is 4.79 Å². The van der Waals surface area contributed by atoms with Gasteiger partial charge in [-0.05, 0) is 40.9 Å². The molecular formula is C22H31F5O3. The summed E-state index contributed by atoms with van der Waals surface area (Å²) in [6.07, 6.45) is -3.76. The predicted molar refractivity (Wildman–Crippen MR) is 105 cm³/mol. The van der Waals surface area contributed by atoms with Gasteiger partial charge in [-0.15, -0.1) is 0 Å². The standard InChI is InChI=1S/C22H31F5O3/c1-7-20(5,6)12-17(19(2,3)4)15-8-10-16(11-9-15)29-13-18(28)30-14-21(23,24)22(25,26)27/h8-11,17H,7,12-14H2,1-6H3. The zero-order valence-corrected chi connectivity index (χ0v) is 18.3. The second-order valence-electron chi connectivity index (χ2n) is 9.36. The van der Waals surface area contributed by atoms with E-state index < -0.39 is 31.3 Å². The summed E-state index contributed by atoms with van der Waals surface area (Å²) in [5, 5.41) is 0. The van der Waals surface area contributed by atoms with E-state index in [1.165, 1.54) is 0 Å².